The molecule has 43 heavy (non-hydrogen) atoms. The molecule has 0 fully saturated rings. The summed E-state index contributed by atoms with van der Waals surface area (Å²) in [4.78, 5) is 0. The van der Waals surface area contributed by atoms with E-state index in [-0.39, 0.29) is 0 Å². The zero-order valence-electron chi connectivity index (χ0n) is 23.0. The van der Waals surface area contributed by atoms with E-state index in [1.165, 1.54) is 38.1 Å². The number of para-hydroxylation sites is 2. The molecule has 0 saturated carbocycles. The minimum Gasteiger partial charge on any atom is -0.456 e. The molecule has 200 valence electrons. The van der Waals surface area contributed by atoms with Gasteiger partial charge in [0.1, 0.15) is 22.3 Å². The van der Waals surface area contributed by atoms with Crippen LogP contribution in [0.2, 0.25) is 0 Å². The minimum absolute atomic E-state index is 0.862. The number of hydrogen-bond acceptors (Lipinski definition) is 2. The molecule has 7 aromatic carbocycles. The molecule has 0 radical (unpaired) electrons. The van der Waals surface area contributed by atoms with Crippen LogP contribution in [0.4, 0.5) is 0 Å². The molecule has 3 heterocycles. The highest BCUT2D eigenvalue weighted by Crippen LogP contribution is 2.42. The van der Waals surface area contributed by atoms with E-state index in [0.717, 1.165) is 55.1 Å². The first-order valence-corrected chi connectivity index (χ1v) is 14.6. The van der Waals surface area contributed by atoms with Crippen LogP contribution >= 0.6 is 0 Å². The Morgan fingerprint density at radius 1 is 0.372 bits per heavy atom. The maximum atomic E-state index is 6.44. The maximum absolute atomic E-state index is 6.44. The minimum atomic E-state index is 0.862. The molecule has 10 rings (SSSR count). The van der Waals surface area contributed by atoms with Crippen molar-refractivity contribution >= 4 is 76.5 Å². The van der Waals surface area contributed by atoms with Crippen molar-refractivity contribution in [3.05, 3.63) is 140 Å². The van der Waals surface area contributed by atoms with Gasteiger partial charge in [0, 0.05) is 38.0 Å². The third-order valence-corrected chi connectivity index (χ3v) is 8.97. The van der Waals surface area contributed by atoms with Gasteiger partial charge in [-0.2, -0.15) is 0 Å². The van der Waals surface area contributed by atoms with E-state index in [0.29, 0.717) is 0 Å². The lowest BCUT2D eigenvalue weighted by Crippen LogP contribution is -1.93. The van der Waals surface area contributed by atoms with Gasteiger partial charge in [-0.1, -0.05) is 78.9 Å². The number of hydrogen-bond donors (Lipinski definition) is 0. The van der Waals surface area contributed by atoms with Gasteiger partial charge in [-0.05, 0) is 82.6 Å². The van der Waals surface area contributed by atoms with Crippen molar-refractivity contribution in [2.45, 2.75) is 0 Å². The predicted octanol–water partition coefficient (Wildman–Crippen LogP) is 11.4. The van der Waals surface area contributed by atoms with Crippen molar-refractivity contribution in [2.24, 2.45) is 0 Å². The quantitative estimate of drug-likeness (QED) is 0.215. The average Bonchev–Trinajstić information content (AvgIpc) is 3.73. The highest BCUT2D eigenvalue weighted by Gasteiger charge is 2.19. The molecule has 0 amide bonds. The number of nitrogens with zero attached hydrogens (tertiary/aromatic N) is 1. The molecule has 0 spiro atoms. The molecule has 0 aliphatic carbocycles. The lowest BCUT2D eigenvalue weighted by atomic mass is 9.98. The zero-order chi connectivity index (χ0) is 28.1. The van der Waals surface area contributed by atoms with Crippen LogP contribution in [0.5, 0.6) is 0 Å². The molecule has 3 heteroatoms. The molecule has 0 unspecified atom stereocenters. The first kappa shape index (κ1) is 22.8. The fourth-order valence-electron chi connectivity index (χ4n) is 7.01. The summed E-state index contributed by atoms with van der Waals surface area (Å²) in [6.45, 7) is 0. The Bertz CT molecular complexity index is 2680. The van der Waals surface area contributed by atoms with E-state index in [9.17, 15) is 0 Å². The monoisotopic (exact) mass is 549 g/mol. The zero-order valence-corrected chi connectivity index (χ0v) is 23.0. The van der Waals surface area contributed by atoms with Crippen LogP contribution in [0.1, 0.15) is 0 Å². The largest absolute Gasteiger partial charge is 0.456 e. The second-order valence-electron chi connectivity index (χ2n) is 11.3. The van der Waals surface area contributed by atoms with Crippen LogP contribution in [0.3, 0.4) is 0 Å². The number of aromatic nitrogens is 1. The van der Waals surface area contributed by atoms with Crippen molar-refractivity contribution in [1.82, 2.24) is 4.57 Å². The van der Waals surface area contributed by atoms with Gasteiger partial charge in [0.2, 0.25) is 0 Å². The molecule has 3 nitrogen and oxygen atoms in total. The van der Waals surface area contributed by atoms with Crippen molar-refractivity contribution in [3.8, 4) is 16.8 Å². The third-order valence-electron chi connectivity index (χ3n) is 8.97. The number of furan rings is 2. The molecule has 3 aromatic heterocycles. The maximum Gasteiger partial charge on any atom is 0.136 e. The fourth-order valence-corrected chi connectivity index (χ4v) is 7.01. The summed E-state index contributed by atoms with van der Waals surface area (Å²) in [7, 11) is 0. The van der Waals surface area contributed by atoms with Crippen molar-refractivity contribution < 1.29 is 8.83 Å². The van der Waals surface area contributed by atoms with Crippen LogP contribution in [0, 0.1) is 0 Å². The smallest absolute Gasteiger partial charge is 0.136 e. The second kappa shape index (κ2) is 8.37. The van der Waals surface area contributed by atoms with Crippen LogP contribution in [-0.2, 0) is 0 Å². The summed E-state index contributed by atoms with van der Waals surface area (Å²) in [5, 5.41) is 9.33. The molecule has 10 aromatic rings. The van der Waals surface area contributed by atoms with Gasteiger partial charge < -0.3 is 13.4 Å². The van der Waals surface area contributed by atoms with Crippen LogP contribution in [-0.4, -0.2) is 4.57 Å². The van der Waals surface area contributed by atoms with E-state index in [4.69, 9.17) is 8.83 Å². The van der Waals surface area contributed by atoms with Crippen molar-refractivity contribution in [1.29, 1.82) is 0 Å². The van der Waals surface area contributed by atoms with Crippen LogP contribution in [0.15, 0.2) is 148 Å². The standard InChI is InChI=1S/C40H23NO2/c1-2-8-25-21-26(14-13-24(25)7-1)27-15-17-35-31(22-27)39-37(42-35)19-20-38-40(39)32-23-28(16-18-36(32)43-38)41-33-11-5-3-9-29(33)30-10-4-6-12-34(30)41/h1-23H. The molecule has 0 N–H and O–H groups in total. The Labute approximate surface area is 245 Å². The topological polar surface area (TPSA) is 31.2 Å². The molecule has 0 saturated heterocycles. The lowest BCUT2D eigenvalue weighted by molar-refractivity contribution is 0.663. The number of rotatable bonds is 2. The van der Waals surface area contributed by atoms with Gasteiger partial charge >= 0.3 is 0 Å². The molecular formula is C40H23NO2. The Kier molecular flexibility index (Phi) is 4.45. The highest BCUT2D eigenvalue weighted by atomic mass is 16.3. The lowest BCUT2D eigenvalue weighted by Gasteiger charge is -2.08. The Morgan fingerprint density at radius 3 is 1.63 bits per heavy atom. The van der Waals surface area contributed by atoms with E-state index < -0.39 is 0 Å². The van der Waals surface area contributed by atoms with E-state index in [1.807, 2.05) is 12.1 Å². The predicted molar refractivity (Wildman–Crippen MR) is 178 cm³/mol. The number of benzene rings is 7. The van der Waals surface area contributed by atoms with Gasteiger partial charge in [-0.3, -0.25) is 0 Å². The highest BCUT2D eigenvalue weighted by molar-refractivity contribution is 6.26. The third kappa shape index (κ3) is 3.19. The van der Waals surface area contributed by atoms with Gasteiger partial charge in [-0.15, -0.1) is 0 Å². The Hall–Kier alpha value is -5.80. The van der Waals surface area contributed by atoms with Gasteiger partial charge in [0.25, 0.3) is 0 Å². The Morgan fingerprint density at radius 2 is 0.907 bits per heavy atom. The van der Waals surface area contributed by atoms with Gasteiger partial charge in [0.15, 0.2) is 0 Å². The summed E-state index contributed by atoms with van der Waals surface area (Å²) in [6, 6.07) is 49.5. The molecule has 0 aliphatic rings. The van der Waals surface area contributed by atoms with E-state index in [1.54, 1.807) is 0 Å². The molecule has 0 atom stereocenters. The summed E-state index contributed by atoms with van der Waals surface area (Å²) in [5.74, 6) is 0. The van der Waals surface area contributed by atoms with Gasteiger partial charge in [0.05, 0.1) is 11.0 Å². The summed E-state index contributed by atoms with van der Waals surface area (Å²) in [6.07, 6.45) is 0. The normalized spacial score (nSPS) is 12.2. The van der Waals surface area contributed by atoms with E-state index in [2.05, 4.69) is 132 Å². The summed E-state index contributed by atoms with van der Waals surface area (Å²) >= 11 is 0. The fraction of sp³-hybridized carbons (Fsp3) is 0. The van der Waals surface area contributed by atoms with Crippen LogP contribution in [0.25, 0.3) is 93.3 Å². The van der Waals surface area contributed by atoms with E-state index >= 15 is 0 Å². The molecule has 0 aliphatic heterocycles. The Balaban J connectivity index is 1.25. The SMILES string of the molecule is c1ccc2cc(-c3ccc4oc5ccc6oc7ccc(-n8c9ccccc9c9ccccc98)cc7c6c5c4c3)ccc2c1. The van der Waals surface area contributed by atoms with Gasteiger partial charge in [-0.25, -0.2) is 0 Å². The summed E-state index contributed by atoms with van der Waals surface area (Å²) in [5.41, 5.74) is 9.30. The second-order valence-corrected chi connectivity index (χ2v) is 11.3. The molecule has 0 bridgehead atoms. The number of fused-ring (bicyclic) bond motifs is 11. The first-order valence-electron chi connectivity index (χ1n) is 14.6. The van der Waals surface area contributed by atoms with Crippen molar-refractivity contribution in [3.63, 3.8) is 0 Å². The van der Waals surface area contributed by atoms with Crippen LogP contribution < -0.4 is 0 Å². The summed E-state index contributed by atoms with van der Waals surface area (Å²) < 4.78 is 15.2. The molecular weight excluding hydrogens is 526 g/mol. The average molecular weight is 550 g/mol. The first-order chi connectivity index (χ1) is 21.3. The van der Waals surface area contributed by atoms with Crippen molar-refractivity contribution in [2.75, 3.05) is 0 Å².